The van der Waals surface area contributed by atoms with Crippen LogP contribution in [0.3, 0.4) is 0 Å². The third kappa shape index (κ3) is 3.00. The van der Waals surface area contributed by atoms with Gasteiger partial charge in [-0.25, -0.2) is 19.3 Å². The number of nitrogens with zero attached hydrogens (tertiary/aromatic N) is 6. The number of carbonyl (C=O) groups is 2. The average Bonchev–Trinajstić information content (AvgIpc) is 3.25. The molecule has 28 heavy (non-hydrogen) atoms. The van der Waals surface area contributed by atoms with Crippen LogP contribution in [0.2, 0.25) is 0 Å². The molecule has 0 radical (unpaired) electrons. The van der Waals surface area contributed by atoms with Crippen LogP contribution in [0.4, 0.5) is 4.39 Å². The summed E-state index contributed by atoms with van der Waals surface area (Å²) in [6, 6.07) is 6.42. The van der Waals surface area contributed by atoms with E-state index in [0.717, 1.165) is 6.20 Å². The lowest BCUT2D eigenvalue weighted by Gasteiger charge is -2.04. The maximum Gasteiger partial charge on any atom is 0.339 e. The van der Waals surface area contributed by atoms with E-state index < -0.39 is 11.9 Å². The molecule has 0 saturated heterocycles. The molecular weight excluding hydrogens is 367 g/mol. The summed E-state index contributed by atoms with van der Waals surface area (Å²) in [7, 11) is 1.51. The number of aryl methyl sites for hydroxylation is 1. The first-order valence-corrected chi connectivity index (χ1v) is 8.18. The molecule has 0 atom stereocenters. The van der Waals surface area contributed by atoms with Gasteiger partial charge in [0.1, 0.15) is 11.3 Å². The zero-order valence-corrected chi connectivity index (χ0v) is 14.6. The van der Waals surface area contributed by atoms with Gasteiger partial charge in [-0.2, -0.15) is 9.49 Å². The van der Waals surface area contributed by atoms with Gasteiger partial charge in [0.15, 0.2) is 17.3 Å². The number of rotatable bonds is 5. The fourth-order valence-corrected chi connectivity index (χ4v) is 2.89. The van der Waals surface area contributed by atoms with Crippen LogP contribution in [0.15, 0.2) is 42.9 Å². The molecule has 4 heterocycles. The Bertz CT molecular complexity index is 1230. The molecule has 4 aromatic rings. The molecule has 10 heteroatoms. The van der Waals surface area contributed by atoms with Gasteiger partial charge in [-0.05, 0) is 29.8 Å². The highest BCUT2D eigenvalue weighted by Crippen LogP contribution is 2.19. The van der Waals surface area contributed by atoms with Crippen LogP contribution < -0.4 is 0 Å². The number of carbonyl (C=O) groups excluding carboxylic acids is 1. The number of pyridine rings is 2. The van der Waals surface area contributed by atoms with Gasteiger partial charge in [0, 0.05) is 25.9 Å². The minimum Gasteiger partial charge on any atom is -0.478 e. The van der Waals surface area contributed by atoms with Crippen LogP contribution in [-0.4, -0.2) is 46.2 Å². The molecule has 0 saturated carbocycles. The van der Waals surface area contributed by atoms with Crippen molar-refractivity contribution in [2.75, 3.05) is 0 Å². The molecule has 4 aromatic heterocycles. The number of aromatic nitrogens is 6. The van der Waals surface area contributed by atoms with Gasteiger partial charge in [-0.3, -0.25) is 9.48 Å². The Hall–Kier alpha value is -3.95. The predicted molar refractivity (Wildman–Crippen MR) is 94.4 cm³/mol. The van der Waals surface area contributed by atoms with E-state index in [-0.39, 0.29) is 34.8 Å². The summed E-state index contributed by atoms with van der Waals surface area (Å²) in [5.41, 5.74) is 1.08. The number of fused-ring (bicyclic) bond motifs is 1. The van der Waals surface area contributed by atoms with Crippen molar-refractivity contribution in [2.45, 2.75) is 6.42 Å². The number of carboxylic acids is 1. The highest BCUT2D eigenvalue weighted by Gasteiger charge is 2.22. The van der Waals surface area contributed by atoms with Gasteiger partial charge in [0.25, 0.3) is 0 Å². The van der Waals surface area contributed by atoms with Gasteiger partial charge in [0.2, 0.25) is 5.95 Å². The maximum atomic E-state index is 13.9. The number of halogens is 1. The Morgan fingerprint density at radius 2 is 2.11 bits per heavy atom. The zero-order chi connectivity index (χ0) is 19.8. The van der Waals surface area contributed by atoms with E-state index in [1.807, 2.05) is 0 Å². The number of ketones is 1. The topological polar surface area (TPSA) is 115 Å². The first-order chi connectivity index (χ1) is 13.4. The summed E-state index contributed by atoms with van der Waals surface area (Å²) in [5, 5.41) is 17.3. The van der Waals surface area contributed by atoms with Crippen LogP contribution in [0, 0.1) is 5.95 Å². The van der Waals surface area contributed by atoms with E-state index in [2.05, 4.69) is 20.2 Å². The largest absolute Gasteiger partial charge is 0.478 e. The predicted octanol–water partition coefficient (Wildman–Crippen LogP) is 1.79. The summed E-state index contributed by atoms with van der Waals surface area (Å²) in [5.74, 6) is -2.10. The van der Waals surface area contributed by atoms with Crippen LogP contribution in [0.5, 0.6) is 0 Å². The molecular formula is C18H13FN6O3. The third-order valence-electron chi connectivity index (χ3n) is 4.20. The molecule has 0 spiro atoms. The van der Waals surface area contributed by atoms with Crippen molar-refractivity contribution >= 4 is 17.4 Å². The Morgan fingerprint density at radius 3 is 2.86 bits per heavy atom. The summed E-state index contributed by atoms with van der Waals surface area (Å²) in [6.45, 7) is 0. The highest BCUT2D eigenvalue weighted by molar-refractivity contribution is 6.05. The lowest BCUT2D eigenvalue weighted by molar-refractivity contribution is 0.0691. The monoisotopic (exact) mass is 380 g/mol. The molecule has 1 N–H and O–H groups in total. The SMILES string of the molecule is Cn1ncc(C(=O)O)c1C(=O)Cc1ccn2nc(-c3cccnc3F)nc2c1. The Labute approximate surface area is 157 Å². The van der Waals surface area contributed by atoms with Gasteiger partial charge in [-0.1, -0.05) is 0 Å². The summed E-state index contributed by atoms with van der Waals surface area (Å²) >= 11 is 0. The van der Waals surface area contributed by atoms with Gasteiger partial charge >= 0.3 is 5.97 Å². The standard InChI is InChI=1S/C18H13FN6O3/c1-24-15(12(9-21-24)18(27)28)13(26)7-10-4-6-25-14(8-10)22-17(23-25)11-3-2-5-20-16(11)19/h2-6,8-9H,7H2,1H3,(H,27,28). The van der Waals surface area contributed by atoms with E-state index >= 15 is 0 Å². The normalized spacial score (nSPS) is 11.1. The fraction of sp³-hybridized carbons (Fsp3) is 0.111. The molecule has 9 nitrogen and oxygen atoms in total. The highest BCUT2D eigenvalue weighted by atomic mass is 19.1. The minimum atomic E-state index is -1.22. The lowest BCUT2D eigenvalue weighted by atomic mass is 10.1. The van der Waals surface area contributed by atoms with Crippen molar-refractivity contribution in [3.05, 3.63) is 65.6 Å². The number of hydrogen-bond donors (Lipinski definition) is 1. The number of Topliss-reactive ketones (excluding diaryl/α,β-unsaturated/α-hetero) is 1. The van der Waals surface area contributed by atoms with Crippen molar-refractivity contribution in [2.24, 2.45) is 7.05 Å². The van der Waals surface area contributed by atoms with Gasteiger partial charge < -0.3 is 5.11 Å². The van der Waals surface area contributed by atoms with E-state index in [4.69, 9.17) is 0 Å². The van der Waals surface area contributed by atoms with Crippen molar-refractivity contribution in [3.8, 4) is 11.4 Å². The second kappa shape index (κ2) is 6.65. The van der Waals surface area contributed by atoms with Crippen molar-refractivity contribution < 1.29 is 19.1 Å². The fourth-order valence-electron chi connectivity index (χ4n) is 2.89. The van der Waals surface area contributed by atoms with Gasteiger partial charge in [-0.15, -0.1) is 5.10 Å². The Morgan fingerprint density at radius 1 is 1.29 bits per heavy atom. The summed E-state index contributed by atoms with van der Waals surface area (Å²) < 4.78 is 16.6. The Kier molecular flexibility index (Phi) is 4.15. The van der Waals surface area contributed by atoms with E-state index in [9.17, 15) is 19.1 Å². The minimum absolute atomic E-state index is 0.0203. The molecule has 0 aliphatic heterocycles. The molecule has 0 fully saturated rings. The van der Waals surface area contributed by atoms with Crippen molar-refractivity contribution in [3.63, 3.8) is 0 Å². The second-order valence-corrected chi connectivity index (χ2v) is 6.05. The van der Waals surface area contributed by atoms with E-state index in [1.165, 1.54) is 28.5 Å². The number of carboxylic acid groups (broad SMARTS) is 1. The smallest absolute Gasteiger partial charge is 0.339 e. The lowest BCUT2D eigenvalue weighted by Crippen LogP contribution is -2.14. The van der Waals surface area contributed by atoms with Crippen molar-refractivity contribution in [1.29, 1.82) is 0 Å². The summed E-state index contributed by atoms with van der Waals surface area (Å²) in [6.07, 6.45) is 4.04. The van der Waals surface area contributed by atoms with E-state index in [1.54, 1.807) is 24.4 Å². The Balaban J connectivity index is 1.66. The third-order valence-corrected chi connectivity index (χ3v) is 4.20. The average molecular weight is 380 g/mol. The molecule has 4 rings (SSSR count). The summed E-state index contributed by atoms with van der Waals surface area (Å²) in [4.78, 5) is 31.7. The molecule has 0 aromatic carbocycles. The molecule has 0 aliphatic carbocycles. The number of aromatic carboxylic acids is 1. The zero-order valence-electron chi connectivity index (χ0n) is 14.6. The molecule has 140 valence electrons. The molecule has 0 bridgehead atoms. The second-order valence-electron chi connectivity index (χ2n) is 6.05. The van der Waals surface area contributed by atoms with E-state index in [0.29, 0.717) is 11.2 Å². The van der Waals surface area contributed by atoms with Crippen LogP contribution in [0.25, 0.3) is 17.0 Å². The van der Waals surface area contributed by atoms with Crippen molar-refractivity contribution in [1.82, 2.24) is 29.4 Å². The molecule has 0 aliphatic rings. The maximum absolute atomic E-state index is 13.9. The first kappa shape index (κ1) is 17.5. The number of hydrogen-bond acceptors (Lipinski definition) is 6. The van der Waals surface area contributed by atoms with Crippen LogP contribution in [0.1, 0.15) is 26.4 Å². The van der Waals surface area contributed by atoms with Gasteiger partial charge in [0.05, 0.1) is 11.8 Å². The quantitative estimate of drug-likeness (QED) is 0.414. The van der Waals surface area contributed by atoms with Crippen LogP contribution >= 0.6 is 0 Å². The first-order valence-electron chi connectivity index (χ1n) is 8.18. The van der Waals surface area contributed by atoms with Crippen LogP contribution in [-0.2, 0) is 13.5 Å². The molecule has 0 amide bonds. The molecule has 0 unspecified atom stereocenters.